The molecule has 0 unspecified atom stereocenters. The van der Waals surface area contributed by atoms with E-state index in [9.17, 15) is 9.59 Å². The molecule has 23 heavy (non-hydrogen) atoms. The highest BCUT2D eigenvalue weighted by Gasteiger charge is 2.30. The van der Waals surface area contributed by atoms with Crippen LogP contribution in [0.3, 0.4) is 0 Å². The van der Waals surface area contributed by atoms with Gasteiger partial charge in [-0.2, -0.15) is 0 Å². The minimum Gasteiger partial charge on any atom is -0.350 e. The van der Waals surface area contributed by atoms with E-state index in [4.69, 9.17) is 0 Å². The molecular formula is C18H14N2O2S. The number of nitrogens with one attached hydrogen (secondary N) is 1. The zero-order valence-electron chi connectivity index (χ0n) is 12.3. The minimum atomic E-state index is -0.156. The Morgan fingerprint density at radius 2 is 1.91 bits per heavy atom. The van der Waals surface area contributed by atoms with E-state index in [2.05, 4.69) is 5.32 Å². The molecule has 4 rings (SSSR count). The summed E-state index contributed by atoms with van der Waals surface area (Å²) < 4.78 is 0. The molecule has 5 heteroatoms. The summed E-state index contributed by atoms with van der Waals surface area (Å²) in [6, 6.07) is 15.4. The van der Waals surface area contributed by atoms with Crippen molar-refractivity contribution < 1.29 is 9.59 Å². The molecule has 0 bridgehead atoms. The van der Waals surface area contributed by atoms with Crippen molar-refractivity contribution in [2.24, 2.45) is 0 Å². The van der Waals surface area contributed by atoms with Crippen LogP contribution in [0, 0.1) is 0 Å². The number of carbonyl (C=O) groups is 2. The lowest BCUT2D eigenvalue weighted by molar-refractivity contribution is -0.119. The van der Waals surface area contributed by atoms with E-state index in [1.54, 1.807) is 16.2 Å². The Morgan fingerprint density at radius 3 is 2.70 bits per heavy atom. The van der Waals surface area contributed by atoms with Crippen molar-refractivity contribution in [1.82, 2.24) is 5.32 Å². The first-order chi connectivity index (χ1) is 11.2. The molecule has 1 aliphatic heterocycles. The first-order valence-electron chi connectivity index (χ1n) is 7.37. The molecule has 0 saturated carbocycles. The molecule has 114 valence electrons. The highest BCUT2D eigenvalue weighted by molar-refractivity contribution is 7.09. The predicted molar refractivity (Wildman–Crippen MR) is 91.8 cm³/mol. The number of hydrogen-bond donors (Lipinski definition) is 1. The van der Waals surface area contributed by atoms with Crippen LogP contribution in [0.2, 0.25) is 0 Å². The van der Waals surface area contributed by atoms with Gasteiger partial charge in [0.25, 0.3) is 5.91 Å². The van der Waals surface area contributed by atoms with Gasteiger partial charge in [0.15, 0.2) is 0 Å². The third kappa shape index (κ3) is 2.39. The van der Waals surface area contributed by atoms with E-state index in [-0.39, 0.29) is 18.4 Å². The van der Waals surface area contributed by atoms with Gasteiger partial charge in [0.05, 0.1) is 12.2 Å². The van der Waals surface area contributed by atoms with Gasteiger partial charge in [-0.25, -0.2) is 0 Å². The Balaban J connectivity index is 1.55. The number of anilines is 1. The van der Waals surface area contributed by atoms with E-state index in [0.29, 0.717) is 12.1 Å². The maximum absolute atomic E-state index is 12.6. The van der Waals surface area contributed by atoms with Gasteiger partial charge in [0.2, 0.25) is 5.91 Å². The lowest BCUT2D eigenvalue weighted by Crippen LogP contribution is -2.38. The molecule has 2 heterocycles. The van der Waals surface area contributed by atoms with Crippen LogP contribution in [-0.2, 0) is 11.3 Å². The number of carbonyl (C=O) groups excluding carboxylic acids is 2. The topological polar surface area (TPSA) is 49.4 Å². The molecule has 0 atom stereocenters. The summed E-state index contributed by atoms with van der Waals surface area (Å²) in [5.74, 6) is -0.264. The number of benzene rings is 2. The molecule has 2 aromatic carbocycles. The quantitative estimate of drug-likeness (QED) is 0.802. The van der Waals surface area contributed by atoms with Gasteiger partial charge in [-0.1, -0.05) is 30.3 Å². The second-order valence-corrected chi connectivity index (χ2v) is 6.46. The highest BCUT2D eigenvalue weighted by Crippen LogP contribution is 2.36. The van der Waals surface area contributed by atoms with Gasteiger partial charge in [-0.3, -0.25) is 14.5 Å². The Morgan fingerprint density at radius 1 is 1.09 bits per heavy atom. The van der Waals surface area contributed by atoms with Gasteiger partial charge < -0.3 is 5.32 Å². The van der Waals surface area contributed by atoms with E-state index in [0.717, 1.165) is 21.3 Å². The smallest absolute Gasteiger partial charge is 0.259 e. The first kappa shape index (κ1) is 14.0. The van der Waals surface area contributed by atoms with Gasteiger partial charge in [0, 0.05) is 15.8 Å². The molecule has 1 aliphatic rings. The molecule has 4 nitrogen and oxygen atoms in total. The molecule has 2 amide bonds. The van der Waals surface area contributed by atoms with Crippen LogP contribution in [0.5, 0.6) is 0 Å². The average Bonchev–Trinajstić information content (AvgIpc) is 3.17. The summed E-state index contributed by atoms with van der Waals surface area (Å²) in [6.07, 6.45) is 0. The minimum absolute atomic E-state index is 0.0397. The summed E-state index contributed by atoms with van der Waals surface area (Å²) >= 11 is 1.60. The highest BCUT2D eigenvalue weighted by atomic mass is 32.1. The Bertz CT molecular complexity index is 897. The summed E-state index contributed by atoms with van der Waals surface area (Å²) in [4.78, 5) is 27.5. The number of amides is 2. The average molecular weight is 322 g/mol. The molecule has 0 spiro atoms. The molecular weight excluding hydrogens is 308 g/mol. The molecule has 1 aromatic heterocycles. The van der Waals surface area contributed by atoms with Gasteiger partial charge in [-0.15, -0.1) is 11.3 Å². The van der Waals surface area contributed by atoms with Crippen molar-refractivity contribution in [3.05, 3.63) is 64.4 Å². The number of thiophene rings is 1. The lowest BCUT2D eigenvalue weighted by atomic mass is 10.1. The lowest BCUT2D eigenvalue weighted by Gasteiger charge is -2.17. The zero-order valence-corrected chi connectivity index (χ0v) is 13.1. The van der Waals surface area contributed by atoms with Crippen LogP contribution in [0.4, 0.5) is 5.69 Å². The van der Waals surface area contributed by atoms with Gasteiger partial charge in [-0.05, 0) is 29.0 Å². The second-order valence-electron chi connectivity index (χ2n) is 5.43. The van der Waals surface area contributed by atoms with E-state index < -0.39 is 0 Å². The van der Waals surface area contributed by atoms with Gasteiger partial charge >= 0.3 is 0 Å². The van der Waals surface area contributed by atoms with Crippen molar-refractivity contribution in [2.45, 2.75) is 6.54 Å². The fourth-order valence-electron chi connectivity index (χ4n) is 2.93. The van der Waals surface area contributed by atoms with Crippen molar-refractivity contribution in [3.8, 4) is 0 Å². The predicted octanol–water partition coefficient (Wildman–Crippen LogP) is 3.18. The monoisotopic (exact) mass is 322 g/mol. The first-order valence-corrected chi connectivity index (χ1v) is 8.25. The van der Waals surface area contributed by atoms with E-state index in [1.165, 1.54) is 0 Å². The normalized spacial score (nSPS) is 12.9. The Kier molecular flexibility index (Phi) is 3.35. The SMILES string of the molecule is O=C(CN1C(=O)c2cccc3cccc1c23)NCc1cccs1. The number of nitrogens with zero attached hydrogens (tertiary/aromatic N) is 1. The number of hydrogen-bond acceptors (Lipinski definition) is 3. The standard InChI is InChI=1S/C18H14N2O2S/c21-16(19-10-13-6-3-9-23-13)11-20-15-8-2-5-12-4-1-7-14(17(12)15)18(20)22/h1-9H,10-11H2,(H,19,21). The third-order valence-corrected chi connectivity index (χ3v) is 4.87. The molecule has 0 aliphatic carbocycles. The maximum Gasteiger partial charge on any atom is 0.259 e. The second kappa shape index (κ2) is 5.52. The Hall–Kier alpha value is -2.66. The molecule has 0 radical (unpaired) electrons. The fraction of sp³-hybridized carbons (Fsp3) is 0.111. The van der Waals surface area contributed by atoms with Crippen LogP contribution >= 0.6 is 11.3 Å². The summed E-state index contributed by atoms with van der Waals surface area (Å²) in [7, 11) is 0. The van der Waals surface area contributed by atoms with Crippen LogP contribution in [0.15, 0.2) is 53.9 Å². The van der Waals surface area contributed by atoms with E-state index in [1.807, 2.05) is 53.9 Å². The molecule has 0 fully saturated rings. The summed E-state index contributed by atoms with van der Waals surface area (Å²) in [5, 5.41) is 6.80. The molecule has 3 aromatic rings. The van der Waals surface area contributed by atoms with Crippen molar-refractivity contribution in [2.75, 3.05) is 11.4 Å². The third-order valence-electron chi connectivity index (χ3n) is 3.99. The maximum atomic E-state index is 12.6. The van der Waals surface area contributed by atoms with Crippen LogP contribution < -0.4 is 10.2 Å². The van der Waals surface area contributed by atoms with Crippen LogP contribution in [0.1, 0.15) is 15.2 Å². The van der Waals surface area contributed by atoms with Crippen molar-refractivity contribution in [3.63, 3.8) is 0 Å². The summed E-state index contributed by atoms with van der Waals surface area (Å²) in [6.45, 7) is 0.535. The fourth-order valence-corrected chi connectivity index (χ4v) is 3.58. The Labute approximate surface area is 137 Å². The number of rotatable bonds is 4. The zero-order chi connectivity index (χ0) is 15.8. The van der Waals surface area contributed by atoms with Gasteiger partial charge in [0.1, 0.15) is 6.54 Å². The van der Waals surface area contributed by atoms with Crippen molar-refractivity contribution in [1.29, 1.82) is 0 Å². The van der Waals surface area contributed by atoms with Crippen LogP contribution in [0.25, 0.3) is 10.8 Å². The summed E-state index contributed by atoms with van der Waals surface area (Å²) in [5.41, 5.74) is 1.48. The molecule has 1 N–H and O–H groups in total. The van der Waals surface area contributed by atoms with Crippen molar-refractivity contribution >= 4 is 39.6 Å². The molecule has 0 saturated heterocycles. The largest absolute Gasteiger partial charge is 0.350 e. The van der Waals surface area contributed by atoms with E-state index >= 15 is 0 Å². The van der Waals surface area contributed by atoms with Crippen LogP contribution in [-0.4, -0.2) is 18.4 Å².